The number of nitro groups is 1. The Morgan fingerprint density at radius 1 is 1.11 bits per heavy atom. The minimum atomic E-state index is -0.679. The van der Waals surface area contributed by atoms with Crippen LogP contribution in [0, 0.1) is 17.0 Å². The predicted molar refractivity (Wildman–Crippen MR) is 104 cm³/mol. The van der Waals surface area contributed by atoms with Crippen LogP contribution in [0.25, 0.3) is 22.6 Å². The summed E-state index contributed by atoms with van der Waals surface area (Å²) in [7, 11) is 0. The molecular formula is C21H14N3O4-. The first kappa shape index (κ1) is 17.4. The summed E-state index contributed by atoms with van der Waals surface area (Å²) in [6.45, 7) is 1.69. The van der Waals surface area contributed by atoms with Gasteiger partial charge in [-0.25, -0.2) is 4.98 Å². The number of para-hydroxylation sites is 2. The van der Waals surface area contributed by atoms with Gasteiger partial charge in [0.05, 0.1) is 10.6 Å². The molecule has 0 aliphatic heterocycles. The lowest BCUT2D eigenvalue weighted by molar-refractivity contribution is -0.398. The minimum Gasteiger partial charge on any atom is -0.867 e. The van der Waals surface area contributed by atoms with Crippen LogP contribution in [0.1, 0.15) is 11.1 Å². The number of benzene rings is 3. The molecule has 0 spiro atoms. The molecule has 138 valence electrons. The molecule has 0 saturated carbocycles. The van der Waals surface area contributed by atoms with Gasteiger partial charge in [-0.15, -0.1) is 0 Å². The van der Waals surface area contributed by atoms with Crippen molar-refractivity contribution in [3.05, 3.63) is 81.9 Å². The van der Waals surface area contributed by atoms with E-state index in [1.165, 1.54) is 12.3 Å². The van der Waals surface area contributed by atoms with Crippen LogP contribution in [-0.4, -0.2) is 16.1 Å². The number of aliphatic imine (C=N–C) groups is 1. The Morgan fingerprint density at radius 2 is 1.86 bits per heavy atom. The second-order valence-electron chi connectivity index (χ2n) is 6.25. The van der Waals surface area contributed by atoms with Crippen LogP contribution in [0.3, 0.4) is 0 Å². The summed E-state index contributed by atoms with van der Waals surface area (Å²) in [5, 5.41) is 23.1. The molecule has 28 heavy (non-hydrogen) atoms. The molecule has 1 aromatic heterocycles. The average Bonchev–Trinajstić information content (AvgIpc) is 3.13. The van der Waals surface area contributed by atoms with E-state index in [9.17, 15) is 15.2 Å². The van der Waals surface area contributed by atoms with Crippen molar-refractivity contribution in [3.63, 3.8) is 0 Å². The molecule has 4 rings (SSSR count). The number of fused-ring (bicyclic) bond motifs is 1. The number of rotatable bonds is 4. The lowest BCUT2D eigenvalue weighted by atomic mass is 10.1. The zero-order chi connectivity index (χ0) is 19.7. The number of hydrogen-bond acceptors (Lipinski definition) is 6. The summed E-state index contributed by atoms with van der Waals surface area (Å²) in [4.78, 5) is 19.0. The minimum absolute atomic E-state index is 0.176. The number of aryl methyl sites for hydroxylation is 1. The molecule has 0 fully saturated rings. The zero-order valence-corrected chi connectivity index (χ0v) is 14.8. The van der Waals surface area contributed by atoms with Crippen molar-refractivity contribution >= 4 is 28.7 Å². The van der Waals surface area contributed by atoms with E-state index >= 15 is 0 Å². The quantitative estimate of drug-likeness (QED) is 0.297. The second kappa shape index (κ2) is 6.96. The molecule has 0 atom stereocenters. The lowest BCUT2D eigenvalue weighted by Gasteiger charge is -2.11. The van der Waals surface area contributed by atoms with E-state index in [2.05, 4.69) is 9.98 Å². The third kappa shape index (κ3) is 3.33. The first-order valence-corrected chi connectivity index (χ1v) is 8.47. The van der Waals surface area contributed by atoms with Crippen molar-refractivity contribution in [2.75, 3.05) is 0 Å². The molecular weight excluding hydrogens is 358 g/mol. The molecule has 1 heterocycles. The maximum absolute atomic E-state index is 12.2. The van der Waals surface area contributed by atoms with Gasteiger partial charge in [-0.3, -0.25) is 15.1 Å². The summed E-state index contributed by atoms with van der Waals surface area (Å²) >= 11 is 0. The largest absolute Gasteiger partial charge is 0.867 e. The highest BCUT2D eigenvalue weighted by atomic mass is 16.6. The van der Waals surface area contributed by atoms with E-state index in [1.807, 2.05) is 36.4 Å². The third-order valence-electron chi connectivity index (χ3n) is 4.20. The van der Waals surface area contributed by atoms with Crippen LogP contribution in [-0.2, 0) is 0 Å². The highest BCUT2D eigenvalue weighted by Crippen LogP contribution is 2.29. The van der Waals surface area contributed by atoms with E-state index in [1.54, 1.807) is 25.1 Å². The Labute approximate surface area is 159 Å². The molecule has 0 N–H and O–H groups in total. The van der Waals surface area contributed by atoms with Crippen molar-refractivity contribution in [2.45, 2.75) is 6.92 Å². The molecule has 0 radical (unpaired) electrons. The van der Waals surface area contributed by atoms with Crippen molar-refractivity contribution < 1.29 is 14.4 Å². The van der Waals surface area contributed by atoms with Crippen molar-refractivity contribution in [2.24, 2.45) is 4.99 Å². The molecule has 4 aromatic rings. The number of nitro benzene ring substituents is 1. The van der Waals surface area contributed by atoms with Crippen LogP contribution in [0.2, 0.25) is 0 Å². The Morgan fingerprint density at radius 3 is 2.57 bits per heavy atom. The molecule has 0 amide bonds. The molecule has 0 aliphatic rings. The van der Waals surface area contributed by atoms with E-state index in [4.69, 9.17) is 4.42 Å². The number of oxazole rings is 1. The lowest BCUT2D eigenvalue weighted by Crippen LogP contribution is -2.02. The van der Waals surface area contributed by atoms with E-state index in [0.717, 1.165) is 11.1 Å². The summed E-state index contributed by atoms with van der Waals surface area (Å²) in [5.74, 6) is -0.143. The van der Waals surface area contributed by atoms with Gasteiger partial charge in [0.15, 0.2) is 5.58 Å². The van der Waals surface area contributed by atoms with Gasteiger partial charge in [0, 0.05) is 17.8 Å². The highest BCUT2D eigenvalue weighted by Gasteiger charge is 2.11. The van der Waals surface area contributed by atoms with Gasteiger partial charge in [0.25, 0.3) is 5.69 Å². The van der Waals surface area contributed by atoms with E-state index in [-0.39, 0.29) is 5.56 Å². The number of aromatic nitrogens is 1. The average molecular weight is 372 g/mol. The number of nitrogens with zero attached hydrogens (tertiary/aromatic N) is 3. The molecule has 0 saturated heterocycles. The second-order valence-corrected chi connectivity index (χ2v) is 6.25. The first-order chi connectivity index (χ1) is 13.5. The molecule has 0 unspecified atom stereocenters. The predicted octanol–water partition coefficient (Wildman–Crippen LogP) is 4.54. The smallest absolute Gasteiger partial charge is 0.262 e. The summed E-state index contributed by atoms with van der Waals surface area (Å²) < 4.78 is 5.73. The van der Waals surface area contributed by atoms with Crippen LogP contribution < -0.4 is 5.11 Å². The van der Waals surface area contributed by atoms with Gasteiger partial charge in [0.1, 0.15) is 5.52 Å². The molecule has 0 bridgehead atoms. The standard InChI is InChI=1S/C21H15N3O4/c1-13-10-15(20(25)18(11-13)24(26)27)12-22-16-8-6-14(7-9-16)21-23-17-4-2-3-5-19(17)28-21/h2-12,25H,1H3/p-1. The maximum atomic E-state index is 12.2. The highest BCUT2D eigenvalue weighted by molar-refractivity contribution is 5.87. The molecule has 0 aliphatic carbocycles. The third-order valence-corrected chi connectivity index (χ3v) is 4.20. The summed E-state index contributed by atoms with van der Waals surface area (Å²) in [6.07, 6.45) is 1.34. The Kier molecular flexibility index (Phi) is 4.33. The van der Waals surface area contributed by atoms with Crippen molar-refractivity contribution in [1.82, 2.24) is 4.98 Å². The van der Waals surface area contributed by atoms with Crippen molar-refractivity contribution in [1.29, 1.82) is 0 Å². The van der Waals surface area contributed by atoms with Gasteiger partial charge < -0.3 is 9.52 Å². The Bertz CT molecular complexity index is 1180. The fourth-order valence-electron chi connectivity index (χ4n) is 2.84. The van der Waals surface area contributed by atoms with Gasteiger partial charge >= 0.3 is 0 Å². The van der Waals surface area contributed by atoms with Gasteiger partial charge in [-0.1, -0.05) is 18.2 Å². The van der Waals surface area contributed by atoms with Crippen LogP contribution >= 0.6 is 0 Å². The first-order valence-electron chi connectivity index (χ1n) is 8.47. The van der Waals surface area contributed by atoms with Crippen LogP contribution in [0.5, 0.6) is 5.75 Å². The van der Waals surface area contributed by atoms with Gasteiger partial charge in [-0.05, 0) is 60.2 Å². The van der Waals surface area contributed by atoms with Gasteiger partial charge in [0.2, 0.25) is 5.89 Å². The van der Waals surface area contributed by atoms with Gasteiger partial charge in [-0.2, -0.15) is 0 Å². The summed E-state index contributed by atoms with van der Waals surface area (Å²) in [5.41, 5.74) is 3.24. The van der Waals surface area contributed by atoms with Crippen molar-refractivity contribution in [3.8, 4) is 17.2 Å². The maximum Gasteiger partial charge on any atom is 0.262 e. The molecule has 7 nitrogen and oxygen atoms in total. The zero-order valence-electron chi connectivity index (χ0n) is 14.8. The normalized spacial score (nSPS) is 11.3. The fourth-order valence-corrected chi connectivity index (χ4v) is 2.84. The Balaban J connectivity index is 1.60. The van der Waals surface area contributed by atoms with E-state index in [0.29, 0.717) is 22.7 Å². The summed E-state index contributed by atoms with van der Waals surface area (Å²) in [6, 6.07) is 17.5. The number of hydrogen-bond donors (Lipinski definition) is 0. The van der Waals surface area contributed by atoms with Crippen LogP contribution in [0.15, 0.2) is 70.1 Å². The molecule has 3 aromatic carbocycles. The van der Waals surface area contributed by atoms with E-state index < -0.39 is 16.4 Å². The van der Waals surface area contributed by atoms with Crippen LogP contribution in [0.4, 0.5) is 11.4 Å². The monoisotopic (exact) mass is 372 g/mol. The SMILES string of the molecule is Cc1cc(C=Nc2ccc(-c3nc4ccccc4o3)cc2)c([O-])c([N+](=O)[O-])c1. The molecule has 7 heteroatoms. The Hall–Kier alpha value is -4.00. The fraction of sp³-hybridized carbons (Fsp3) is 0.0476. The topological polar surface area (TPSA) is 105 Å².